The van der Waals surface area contributed by atoms with E-state index in [9.17, 15) is 4.39 Å². The number of thiophene rings is 1. The molecule has 0 bridgehead atoms. The summed E-state index contributed by atoms with van der Waals surface area (Å²) in [6, 6.07) is 10.9. The molecule has 0 aliphatic rings. The van der Waals surface area contributed by atoms with Crippen molar-refractivity contribution in [3.63, 3.8) is 0 Å². The van der Waals surface area contributed by atoms with Crippen molar-refractivity contribution in [2.24, 2.45) is 4.99 Å². The summed E-state index contributed by atoms with van der Waals surface area (Å²) in [6.07, 6.45) is 0. The quantitative estimate of drug-likeness (QED) is 0.630. The SMILES string of the molecule is CN=C(NCc1cccs1)NCC(c1cccc(F)c1)N(C)C. The Labute approximate surface area is 141 Å². The van der Waals surface area contributed by atoms with E-state index in [-0.39, 0.29) is 11.9 Å². The lowest BCUT2D eigenvalue weighted by Gasteiger charge is -2.26. The van der Waals surface area contributed by atoms with Gasteiger partial charge in [-0.25, -0.2) is 4.39 Å². The third-order valence-corrected chi connectivity index (χ3v) is 4.43. The molecule has 1 aromatic heterocycles. The number of hydrogen-bond acceptors (Lipinski definition) is 3. The molecule has 0 radical (unpaired) electrons. The largest absolute Gasteiger partial charge is 0.354 e. The number of likely N-dealkylation sites (N-methyl/N-ethyl adjacent to an activating group) is 1. The molecular formula is C17H23FN4S. The summed E-state index contributed by atoms with van der Waals surface area (Å²) in [6.45, 7) is 1.38. The zero-order chi connectivity index (χ0) is 16.7. The first-order chi connectivity index (χ1) is 11.1. The summed E-state index contributed by atoms with van der Waals surface area (Å²) in [5.74, 6) is 0.524. The smallest absolute Gasteiger partial charge is 0.191 e. The Morgan fingerprint density at radius 1 is 1.26 bits per heavy atom. The fraction of sp³-hybridized carbons (Fsp3) is 0.353. The minimum absolute atomic E-state index is 0.0611. The topological polar surface area (TPSA) is 39.7 Å². The molecule has 1 unspecified atom stereocenters. The third-order valence-electron chi connectivity index (χ3n) is 3.55. The van der Waals surface area contributed by atoms with Gasteiger partial charge in [0.2, 0.25) is 0 Å². The number of benzene rings is 1. The maximum Gasteiger partial charge on any atom is 0.191 e. The van der Waals surface area contributed by atoms with Crippen LogP contribution in [0.25, 0.3) is 0 Å². The van der Waals surface area contributed by atoms with Crippen LogP contribution >= 0.6 is 11.3 Å². The van der Waals surface area contributed by atoms with Crippen LogP contribution in [-0.2, 0) is 6.54 Å². The van der Waals surface area contributed by atoms with Crippen LogP contribution in [0, 0.1) is 5.82 Å². The number of guanidine groups is 1. The Balaban J connectivity index is 1.94. The molecule has 1 aromatic carbocycles. The van der Waals surface area contributed by atoms with Gasteiger partial charge in [0, 0.05) is 18.5 Å². The maximum absolute atomic E-state index is 13.5. The van der Waals surface area contributed by atoms with Crippen molar-refractivity contribution < 1.29 is 4.39 Å². The molecule has 0 saturated heterocycles. The number of nitrogens with zero attached hydrogens (tertiary/aromatic N) is 2. The monoisotopic (exact) mass is 334 g/mol. The summed E-state index contributed by atoms with van der Waals surface area (Å²) in [7, 11) is 5.72. The van der Waals surface area contributed by atoms with E-state index < -0.39 is 0 Å². The van der Waals surface area contributed by atoms with E-state index in [4.69, 9.17) is 0 Å². The second kappa shape index (κ2) is 8.64. The molecule has 1 atom stereocenters. The summed E-state index contributed by atoms with van der Waals surface area (Å²) >= 11 is 1.71. The second-order valence-corrected chi connectivity index (χ2v) is 6.45. The van der Waals surface area contributed by atoms with E-state index in [2.05, 4.69) is 32.0 Å². The van der Waals surface area contributed by atoms with Crippen LogP contribution in [0.5, 0.6) is 0 Å². The zero-order valence-corrected chi connectivity index (χ0v) is 14.5. The van der Waals surface area contributed by atoms with Crippen molar-refractivity contribution in [3.05, 3.63) is 58.0 Å². The van der Waals surface area contributed by atoms with Crippen molar-refractivity contribution in [1.82, 2.24) is 15.5 Å². The van der Waals surface area contributed by atoms with Gasteiger partial charge in [0.1, 0.15) is 5.82 Å². The molecule has 6 heteroatoms. The molecule has 23 heavy (non-hydrogen) atoms. The van der Waals surface area contributed by atoms with E-state index in [1.54, 1.807) is 30.5 Å². The minimum Gasteiger partial charge on any atom is -0.354 e. The van der Waals surface area contributed by atoms with Crippen LogP contribution in [0.3, 0.4) is 0 Å². The number of rotatable bonds is 6. The maximum atomic E-state index is 13.5. The van der Waals surface area contributed by atoms with Crippen molar-refractivity contribution >= 4 is 17.3 Å². The number of halogens is 1. The highest BCUT2D eigenvalue weighted by Gasteiger charge is 2.15. The third kappa shape index (κ3) is 5.33. The molecule has 0 spiro atoms. The van der Waals surface area contributed by atoms with Crippen LogP contribution in [-0.4, -0.2) is 38.5 Å². The molecule has 4 nitrogen and oxygen atoms in total. The fourth-order valence-corrected chi connectivity index (χ4v) is 2.95. The van der Waals surface area contributed by atoms with Gasteiger partial charge in [-0.1, -0.05) is 18.2 Å². The molecule has 0 amide bonds. The Bertz CT molecular complexity index is 625. The van der Waals surface area contributed by atoms with Gasteiger partial charge in [-0.2, -0.15) is 0 Å². The fourth-order valence-electron chi connectivity index (χ4n) is 2.31. The van der Waals surface area contributed by atoms with Gasteiger partial charge in [0.05, 0.1) is 12.6 Å². The van der Waals surface area contributed by atoms with Crippen molar-refractivity contribution in [3.8, 4) is 0 Å². The molecule has 0 aliphatic carbocycles. The highest BCUT2D eigenvalue weighted by molar-refractivity contribution is 7.09. The van der Waals surface area contributed by atoms with Gasteiger partial charge in [-0.15, -0.1) is 11.3 Å². The zero-order valence-electron chi connectivity index (χ0n) is 13.7. The van der Waals surface area contributed by atoms with E-state index >= 15 is 0 Å². The summed E-state index contributed by atoms with van der Waals surface area (Å²) < 4.78 is 13.5. The summed E-state index contributed by atoms with van der Waals surface area (Å²) in [4.78, 5) is 7.55. The molecule has 0 saturated carbocycles. The number of aliphatic imine (C=N–C) groups is 1. The molecule has 0 aliphatic heterocycles. The van der Waals surface area contributed by atoms with Crippen LogP contribution in [0.15, 0.2) is 46.8 Å². The number of nitrogens with one attached hydrogen (secondary N) is 2. The molecule has 2 aromatic rings. The standard InChI is InChI=1S/C17H23FN4S/c1-19-17(20-11-15-8-5-9-23-15)21-12-16(22(2)3)13-6-4-7-14(18)10-13/h4-10,16H,11-12H2,1-3H3,(H2,19,20,21). The van der Waals surface area contributed by atoms with Gasteiger partial charge in [-0.05, 0) is 43.2 Å². The van der Waals surface area contributed by atoms with Crippen LogP contribution in [0.2, 0.25) is 0 Å². The lowest BCUT2D eigenvalue weighted by Crippen LogP contribution is -2.41. The highest BCUT2D eigenvalue weighted by atomic mass is 32.1. The number of hydrogen-bond donors (Lipinski definition) is 2. The average Bonchev–Trinajstić information content (AvgIpc) is 3.03. The van der Waals surface area contributed by atoms with Gasteiger partial charge in [-0.3, -0.25) is 4.99 Å². The lowest BCUT2D eigenvalue weighted by atomic mass is 10.1. The first kappa shape index (κ1) is 17.4. The molecule has 124 valence electrons. The first-order valence-electron chi connectivity index (χ1n) is 7.49. The molecule has 2 rings (SSSR count). The van der Waals surface area contributed by atoms with Crippen LogP contribution in [0.1, 0.15) is 16.5 Å². The van der Waals surface area contributed by atoms with Gasteiger partial charge in [0.15, 0.2) is 5.96 Å². The Hall–Kier alpha value is -1.92. The molecule has 0 fully saturated rings. The summed E-state index contributed by atoms with van der Waals surface area (Å²) in [5.41, 5.74) is 0.941. The van der Waals surface area contributed by atoms with E-state index in [1.807, 2.05) is 26.2 Å². The van der Waals surface area contributed by atoms with E-state index in [0.717, 1.165) is 18.1 Å². The predicted molar refractivity (Wildman–Crippen MR) is 95.3 cm³/mol. The Morgan fingerprint density at radius 2 is 2.09 bits per heavy atom. The van der Waals surface area contributed by atoms with Crippen molar-refractivity contribution in [2.45, 2.75) is 12.6 Å². The first-order valence-corrected chi connectivity index (χ1v) is 8.37. The lowest BCUT2D eigenvalue weighted by molar-refractivity contribution is 0.297. The van der Waals surface area contributed by atoms with Crippen molar-refractivity contribution in [1.29, 1.82) is 0 Å². The van der Waals surface area contributed by atoms with Gasteiger partial charge in [0.25, 0.3) is 0 Å². The minimum atomic E-state index is -0.213. The summed E-state index contributed by atoms with van der Waals surface area (Å²) in [5, 5.41) is 8.65. The Kier molecular flexibility index (Phi) is 6.55. The molecule has 2 N–H and O–H groups in total. The second-order valence-electron chi connectivity index (χ2n) is 5.42. The van der Waals surface area contributed by atoms with Crippen molar-refractivity contribution in [2.75, 3.05) is 27.7 Å². The van der Waals surface area contributed by atoms with Crippen LogP contribution in [0.4, 0.5) is 4.39 Å². The average molecular weight is 334 g/mol. The van der Waals surface area contributed by atoms with Gasteiger partial charge < -0.3 is 15.5 Å². The van der Waals surface area contributed by atoms with E-state index in [1.165, 1.54) is 10.9 Å². The molecular weight excluding hydrogens is 311 g/mol. The predicted octanol–water partition coefficient (Wildman–Crippen LogP) is 2.86. The van der Waals surface area contributed by atoms with Gasteiger partial charge >= 0.3 is 0 Å². The highest BCUT2D eigenvalue weighted by Crippen LogP contribution is 2.18. The van der Waals surface area contributed by atoms with E-state index in [0.29, 0.717) is 6.54 Å². The normalized spacial score (nSPS) is 13.2. The van der Waals surface area contributed by atoms with Crippen LogP contribution < -0.4 is 10.6 Å². The Morgan fingerprint density at radius 3 is 2.70 bits per heavy atom. The molecule has 1 heterocycles.